The molecule has 9 nitrogen and oxygen atoms in total. The Balaban J connectivity index is 1.85. The first kappa shape index (κ1) is 23.2. The molecule has 1 atom stereocenters. The maximum atomic E-state index is 12.6. The van der Waals surface area contributed by atoms with Gasteiger partial charge in [-0.05, 0) is 25.7 Å². The molecule has 2 saturated heterocycles. The second-order valence-corrected chi connectivity index (χ2v) is 10.8. The highest BCUT2D eigenvalue weighted by atomic mass is 32.2. The molecule has 0 unspecified atom stereocenters. The summed E-state index contributed by atoms with van der Waals surface area (Å²) in [5.41, 5.74) is -5.29. The third-order valence-corrected chi connectivity index (χ3v) is 7.87. The van der Waals surface area contributed by atoms with Crippen molar-refractivity contribution in [3.05, 3.63) is 0 Å². The summed E-state index contributed by atoms with van der Waals surface area (Å²) in [5.74, 6) is 0.400. The molecule has 0 aromatic heterocycles. The van der Waals surface area contributed by atoms with E-state index in [1.807, 2.05) is 0 Å². The second kappa shape index (κ2) is 8.71. The molecule has 164 valence electrons. The molecule has 0 radical (unpaired) electrons. The lowest BCUT2D eigenvalue weighted by Crippen LogP contribution is -2.53. The fraction of sp³-hybridized carbons (Fsp3) is 0.929. The van der Waals surface area contributed by atoms with Crippen molar-refractivity contribution < 1.29 is 30.0 Å². The van der Waals surface area contributed by atoms with Crippen molar-refractivity contribution in [1.29, 1.82) is 0 Å². The quantitative estimate of drug-likeness (QED) is 0.448. The number of hydrogen-bond donors (Lipinski definition) is 2. The lowest BCUT2D eigenvalue weighted by molar-refractivity contribution is -0.0494. The van der Waals surface area contributed by atoms with E-state index < -0.39 is 25.6 Å². The van der Waals surface area contributed by atoms with E-state index in [1.54, 1.807) is 0 Å². The zero-order chi connectivity index (χ0) is 21.2. The summed E-state index contributed by atoms with van der Waals surface area (Å²) in [7, 11) is -7.06. The van der Waals surface area contributed by atoms with Gasteiger partial charge in [0.05, 0.1) is 6.26 Å². The molecule has 0 aromatic rings. The molecule has 2 rings (SSSR count). The van der Waals surface area contributed by atoms with Gasteiger partial charge < -0.3 is 10.6 Å². The molecule has 0 aliphatic carbocycles. The summed E-state index contributed by atoms with van der Waals surface area (Å²) in [6.07, 6.45) is 3.08. The summed E-state index contributed by atoms with van der Waals surface area (Å²) in [6.45, 7) is 0.360. The molecule has 2 fully saturated rings. The van der Waals surface area contributed by atoms with Crippen LogP contribution in [0.3, 0.4) is 0 Å². The normalized spacial score (nSPS) is 24.5. The molecule has 14 heteroatoms. The first-order valence-corrected chi connectivity index (χ1v) is 12.2. The molecule has 0 spiro atoms. The highest BCUT2D eigenvalue weighted by Gasteiger charge is 2.50. The summed E-state index contributed by atoms with van der Waals surface area (Å²) >= 11 is 0. The van der Waals surface area contributed by atoms with Crippen LogP contribution in [0.5, 0.6) is 0 Å². The van der Waals surface area contributed by atoms with Crippen LogP contribution in [-0.2, 0) is 20.0 Å². The zero-order valence-corrected chi connectivity index (χ0v) is 17.4. The maximum Gasteiger partial charge on any atom is 0.511 e. The van der Waals surface area contributed by atoms with Crippen molar-refractivity contribution in [2.24, 2.45) is 4.99 Å². The van der Waals surface area contributed by atoms with Gasteiger partial charge in [-0.1, -0.05) is 0 Å². The van der Waals surface area contributed by atoms with Gasteiger partial charge in [0.25, 0.3) is 0 Å². The van der Waals surface area contributed by atoms with E-state index in [4.69, 9.17) is 0 Å². The summed E-state index contributed by atoms with van der Waals surface area (Å²) < 4.78 is 86.2. The number of alkyl halides is 3. The molecule has 0 amide bonds. The Morgan fingerprint density at radius 1 is 1.11 bits per heavy atom. The number of nitrogens with one attached hydrogen (secondary N) is 2. The van der Waals surface area contributed by atoms with E-state index >= 15 is 0 Å². The van der Waals surface area contributed by atoms with Gasteiger partial charge in [-0.15, -0.1) is 0 Å². The lowest BCUT2D eigenvalue weighted by atomic mass is 10.1. The van der Waals surface area contributed by atoms with Crippen LogP contribution in [0.1, 0.15) is 25.7 Å². The minimum atomic E-state index is -5.30. The average Bonchev–Trinajstić information content (AvgIpc) is 3.07. The minimum absolute atomic E-state index is 0.188. The van der Waals surface area contributed by atoms with Crippen LogP contribution < -0.4 is 10.6 Å². The molecule has 2 heterocycles. The zero-order valence-electron chi connectivity index (χ0n) is 15.7. The van der Waals surface area contributed by atoms with Crippen molar-refractivity contribution in [1.82, 2.24) is 19.2 Å². The van der Waals surface area contributed by atoms with Crippen LogP contribution in [0.4, 0.5) is 13.2 Å². The summed E-state index contributed by atoms with van der Waals surface area (Å²) in [4.78, 5) is 4.05. The van der Waals surface area contributed by atoms with Gasteiger partial charge in [0.2, 0.25) is 10.0 Å². The lowest BCUT2D eigenvalue weighted by Gasteiger charge is -2.33. The third-order valence-electron chi connectivity index (χ3n) is 4.91. The van der Waals surface area contributed by atoms with Gasteiger partial charge in [0, 0.05) is 45.3 Å². The van der Waals surface area contributed by atoms with Crippen LogP contribution in [0.25, 0.3) is 0 Å². The van der Waals surface area contributed by atoms with Crippen molar-refractivity contribution >= 4 is 26.0 Å². The van der Waals surface area contributed by atoms with Crippen molar-refractivity contribution in [3.63, 3.8) is 0 Å². The predicted molar refractivity (Wildman–Crippen MR) is 98.6 cm³/mol. The van der Waals surface area contributed by atoms with Crippen LogP contribution in [0, 0.1) is 0 Å². The Labute approximate surface area is 163 Å². The smallest absolute Gasteiger partial charge is 0.355 e. The summed E-state index contributed by atoms with van der Waals surface area (Å²) in [5, 5.41) is 6.11. The molecule has 2 aliphatic heterocycles. The number of aliphatic imine (C=N–C) groups is 1. The Hall–Kier alpha value is -1.12. The molecule has 2 N–H and O–H groups in total. The molecular weight excluding hydrogens is 423 g/mol. The number of piperidine rings is 1. The molecular formula is C14H26F3N5O4S2. The monoisotopic (exact) mass is 449 g/mol. The average molecular weight is 450 g/mol. The molecule has 2 aliphatic rings. The molecule has 0 aromatic carbocycles. The van der Waals surface area contributed by atoms with Gasteiger partial charge >= 0.3 is 15.5 Å². The van der Waals surface area contributed by atoms with E-state index in [1.165, 1.54) is 17.6 Å². The first-order valence-electron chi connectivity index (χ1n) is 8.86. The second-order valence-electron chi connectivity index (χ2n) is 6.89. The fourth-order valence-corrected chi connectivity index (χ4v) is 5.61. The van der Waals surface area contributed by atoms with Crippen LogP contribution in [-0.4, -0.2) is 88.5 Å². The molecule has 28 heavy (non-hydrogen) atoms. The Morgan fingerprint density at radius 2 is 1.71 bits per heavy atom. The van der Waals surface area contributed by atoms with Crippen molar-refractivity contribution in [2.45, 2.75) is 43.3 Å². The standard InChI is InChI=1S/C14H26F3N5O4S2/c1-18-13(19-10-12-4-3-7-22(12)27(2,23)24)20-11-5-8-21(9-6-11)28(25,26)14(15,16)17/h11-12H,3-10H2,1-2H3,(H2,18,19,20)/t12-/m1/s1. The van der Waals surface area contributed by atoms with E-state index in [0.717, 1.165) is 12.8 Å². The Morgan fingerprint density at radius 3 is 2.21 bits per heavy atom. The number of sulfonamides is 2. The van der Waals surface area contributed by atoms with Crippen LogP contribution in [0.2, 0.25) is 0 Å². The number of hydrogen-bond acceptors (Lipinski definition) is 5. The summed E-state index contributed by atoms with van der Waals surface area (Å²) in [6, 6.07) is -0.423. The first-order chi connectivity index (χ1) is 12.9. The van der Waals surface area contributed by atoms with E-state index in [2.05, 4.69) is 15.6 Å². The van der Waals surface area contributed by atoms with Crippen molar-refractivity contribution in [3.8, 4) is 0 Å². The number of rotatable bonds is 5. The topological polar surface area (TPSA) is 111 Å². The Bertz CT molecular complexity index is 777. The van der Waals surface area contributed by atoms with E-state index in [-0.39, 0.29) is 38.0 Å². The Kier molecular flexibility index (Phi) is 7.21. The van der Waals surface area contributed by atoms with Crippen molar-refractivity contribution in [2.75, 3.05) is 39.5 Å². The number of halogens is 3. The molecule has 0 bridgehead atoms. The highest BCUT2D eigenvalue weighted by molar-refractivity contribution is 7.90. The maximum absolute atomic E-state index is 12.6. The predicted octanol–water partition coefficient (Wildman–Crippen LogP) is -0.111. The molecule has 0 saturated carbocycles. The van der Waals surface area contributed by atoms with Crippen LogP contribution >= 0.6 is 0 Å². The van der Waals surface area contributed by atoms with Gasteiger partial charge in [-0.2, -0.15) is 21.8 Å². The minimum Gasteiger partial charge on any atom is -0.355 e. The van der Waals surface area contributed by atoms with Gasteiger partial charge in [-0.3, -0.25) is 4.99 Å². The third kappa shape index (κ3) is 5.48. The largest absolute Gasteiger partial charge is 0.511 e. The van der Waals surface area contributed by atoms with Gasteiger partial charge in [0.15, 0.2) is 5.96 Å². The number of guanidine groups is 1. The van der Waals surface area contributed by atoms with E-state index in [9.17, 15) is 30.0 Å². The van der Waals surface area contributed by atoms with Gasteiger partial charge in [-0.25, -0.2) is 16.8 Å². The number of nitrogens with zero attached hydrogens (tertiary/aromatic N) is 3. The highest BCUT2D eigenvalue weighted by Crippen LogP contribution is 2.29. The van der Waals surface area contributed by atoms with Crippen LogP contribution in [0.15, 0.2) is 4.99 Å². The fourth-order valence-electron chi connectivity index (χ4n) is 3.44. The SMILES string of the molecule is CN=C(NC[C@H]1CCCN1S(C)(=O)=O)NC1CCN(S(=O)(=O)C(F)(F)F)CC1. The van der Waals surface area contributed by atoms with E-state index in [0.29, 0.717) is 23.4 Å². The van der Waals surface area contributed by atoms with Gasteiger partial charge in [0.1, 0.15) is 0 Å².